The van der Waals surface area contributed by atoms with Crippen LogP contribution in [0.4, 0.5) is 0 Å². The third-order valence-corrected chi connectivity index (χ3v) is 6.27. The molecule has 2 N–H and O–H groups in total. The number of fused-ring (bicyclic) bond motifs is 2. The predicted molar refractivity (Wildman–Crippen MR) is 113 cm³/mol. The Bertz CT molecular complexity index is 1210. The van der Waals surface area contributed by atoms with Crippen molar-refractivity contribution in [2.45, 2.75) is 38.0 Å². The minimum Gasteiger partial charge on any atom is -0.337 e. The number of carbonyl (C=O) groups excluding carboxylic acids is 1. The Morgan fingerprint density at radius 3 is 2.69 bits per heavy atom. The number of nitrogens with zero attached hydrogens (tertiary/aromatic N) is 2. The zero-order valence-electron chi connectivity index (χ0n) is 16.4. The molecule has 0 aliphatic heterocycles. The highest BCUT2D eigenvalue weighted by Gasteiger charge is 2.29. The predicted octanol–water partition coefficient (Wildman–Crippen LogP) is 5.10. The summed E-state index contributed by atoms with van der Waals surface area (Å²) in [7, 11) is 2.02. The van der Waals surface area contributed by atoms with E-state index in [2.05, 4.69) is 31.8 Å². The molecule has 0 radical (unpaired) electrons. The number of imidazole rings is 1. The topological polar surface area (TPSA) is 81.4 Å². The summed E-state index contributed by atoms with van der Waals surface area (Å²) < 4.78 is 2.13. The van der Waals surface area contributed by atoms with Crippen molar-refractivity contribution in [3.63, 3.8) is 0 Å². The molecule has 0 spiro atoms. The first-order valence-electron chi connectivity index (χ1n) is 10.2. The Labute approximate surface area is 167 Å². The first kappa shape index (κ1) is 17.8. The van der Waals surface area contributed by atoms with Crippen LogP contribution in [0.2, 0.25) is 0 Å². The number of benzene rings is 2. The molecule has 1 aliphatic carbocycles. The number of carbonyl (C=O) groups is 1. The lowest BCUT2D eigenvalue weighted by atomic mass is 9.82. The summed E-state index contributed by atoms with van der Waals surface area (Å²) >= 11 is 0. The van der Waals surface area contributed by atoms with Crippen molar-refractivity contribution in [2.24, 2.45) is 12.2 Å². The third kappa shape index (κ3) is 2.87. The second-order valence-electron chi connectivity index (χ2n) is 7.96. The number of aromatic nitrogens is 3. The number of aromatic amines is 2. The number of para-hydroxylation sites is 2. The van der Waals surface area contributed by atoms with E-state index in [9.17, 15) is 9.70 Å². The maximum Gasteiger partial charge on any atom is 0.316 e. The first-order valence-corrected chi connectivity index (χ1v) is 10.2. The third-order valence-electron chi connectivity index (χ3n) is 6.27. The van der Waals surface area contributed by atoms with E-state index in [1.165, 1.54) is 37.7 Å². The maximum atomic E-state index is 11.8. The molecule has 29 heavy (non-hydrogen) atoms. The van der Waals surface area contributed by atoms with Crippen LogP contribution >= 0.6 is 0 Å². The molecule has 0 atom stereocenters. The van der Waals surface area contributed by atoms with Gasteiger partial charge in [-0.2, -0.15) is 0 Å². The molecule has 0 saturated heterocycles. The van der Waals surface area contributed by atoms with Crippen molar-refractivity contribution < 1.29 is 9.78 Å². The van der Waals surface area contributed by atoms with Gasteiger partial charge in [0.1, 0.15) is 5.69 Å². The molecule has 6 nitrogen and oxygen atoms in total. The van der Waals surface area contributed by atoms with Crippen LogP contribution in [-0.2, 0) is 7.05 Å². The summed E-state index contributed by atoms with van der Waals surface area (Å²) in [4.78, 5) is 29.7. The van der Waals surface area contributed by atoms with Gasteiger partial charge in [-0.25, -0.2) is 9.97 Å². The van der Waals surface area contributed by atoms with Gasteiger partial charge in [0, 0.05) is 28.7 Å². The standard InChI is InChI=1S/C23H22N4O2/c1-27-19-13-15(23(28)26-29)11-12-16(19)20(14-7-3-2-4-8-14)21(27)22-24-17-9-5-6-10-18(17)25-22/h5-6,9-14H,2-4,7-8H2,1H3,(H,24,25)/p+1. The average molecular weight is 387 g/mol. The van der Waals surface area contributed by atoms with Crippen molar-refractivity contribution in [1.29, 1.82) is 0 Å². The van der Waals surface area contributed by atoms with Crippen LogP contribution in [0, 0.1) is 4.91 Å². The summed E-state index contributed by atoms with van der Waals surface area (Å²) in [5.74, 6) is 0.714. The lowest BCUT2D eigenvalue weighted by molar-refractivity contribution is -0.330. The largest absolute Gasteiger partial charge is 0.337 e. The number of rotatable bonds is 3. The van der Waals surface area contributed by atoms with Crippen LogP contribution in [-0.4, -0.2) is 15.5 Å². The Kier molecular flexibility index (Phi) is 4.27. The fourth-order valence-electron chi connectivity index (χ4n) is 4.88. The number of hydrogen-bond donors (Lipinski definition) is 1. The number of amides is 1. The monoisotopic (exact) mass is 387 g/mol. The summed E-state index contributed by atoms with van der Waals surface area (Å²) in [5, 5.41) is 3.73. The first-order chi connectivity index (χ1) is 14.2. The normalized spacial score (nSPS) is 15.2. The fraction of sp³-hybridized carbons (Fsp3) is 0.304. The van der Waals surface area contributed by atoms with Crippen molar-refractivity contribution in [2.75, 3.05) is 0 Å². The fourth-order valence-corrected chi connectivity index (χ4v) is 4.88. The van der Waals surface area contributed by atoms with Gasteiger partial charge in [-0.1, -0.05) is 37.5 Å². The quantitative estimate of drug-likeness (QED) is 0.497. The minimum absolute atomic E-state index is 0.329. The van der Waals surface area contributed by atoms with Crippen LogP contribution in [0.5, 0.6) is 0 Å². The molecule has 2 aromatic heterocycles. The number of hydrogen-bond acceptors (Lipinski definition) is 2. The van der Waals surface area contributed by atoms with E-state index in [1.807, 2.05) is 25.2 Å². The van der Waals surface area contributed by atoms with Gasteiger partial charge in [-0.3, -0.25) is 4.79 Å². The minimum atomic E-state index is -0.731. The molecular formula is C23H23N4O2+. The Balaban J connectivity index is 1.78. The lowest BCUT2D eigenvalue weighted by Gasteiger charge is -2.22. The molecule has 2 heterocycles. The van der Waals surface area contributed by atoms with Crippen LogP contribution in [0.15, 0.2) is 47.6 Å². The molecule has 5 rings (SSSR count). The second kappa shape index (κ2) is 6.95. The van der Waals surface area contributed by atoms with E-state index in [0.717, 1.165) is 33.5 Å². The summed E-state index contributed by atoms with van der Waals surface area (Å²) in [6, 6.07) is 13.6. The van der Waals surface area contributed by atoms with Crippen molar-refractivity contribution in [3.05, 3.63) is 58.5 Å². The van der Waals surface area contributed by atoms with Gasteiger partial charge >= 0.3 is 11.7 Å². The average Bonchev–Trinajstić information content (AvgIpc) is 3.32. The summed E-state index contributed by atoms with van der Waals surface area (Å²) in [6.07, 6.45) is 6.11. The molecule has 2 aromatic carbocycles. The molecule has 1 fully saturated rings. The zero-order valence-corrected chi connectivity index (χ0v) is 16.4. The van der Waals surface area contributed by atoms with Crippen LogP contribution in [0.3, 0.4) is 0 Å². The molecule has 1 amide bonds. The zero-order chi connectivity index (χ0) is 20.0. The van der Waals surface area contributed by atoms with E-state index in [4.69, 9.17) is 0 Å². The smallest absolute Gasteiger partial charge is 0.316 e. The molecule has 146 valence electrons. The second-order valence-corrected chi connectivity index (χ2v) is 7.96. The number of aryl methyl sites for hydroxylation is 1. The highest BCUT2D eigenvalue weighted by molar-refractivity contribution is 6.00. The number of H-pyrrole nitrogens is 2. The van der Waals surface area contributed by atoms with E-state index >= 15 is 0 Å². The molecule has 1 aliphatic rings. The Hall–Kier alpha value is -3.28. The van der Waals surface area contributed by atoms with Crippen molar-refractivity contribution in [3.8, 4) is 11.5 Å². The van der Waals surface area contributed by atoms with Gasteiger partial charge in [-0.15, -0.1) is 4.91 Å². The molecular weight excluding hydrogens is 364 g/mol. The van der Waals surface area contributed by atoms with Gasteiger partial charge in [-0.05, 0) is 48.6 Å². The van der Waals surface area contributed by atoms with Crippen LogP contribution < -0.4 is 4.98 Å². The number of nitrogens with one attached hydrogen (secondary N) is 2. The maximum absolute atomic E-state index is 11.8. The molecule has 0 bridgehead atoms. The van der Waals surface area contributed by atoms with Gasteiger partial charge in [0.2, 0.25) is 0 Å². The van der Waals surface area contributed by atoms with Crippen molar-refractivity contribution in [1.82, 2.24) is 9.55 Å². The van der Waals surface area contributed by atoms with Gasteiger partial charge in [0.05, 0.1) is 0 Å². The SMILES string of the molecule is Cn1c(-c2[nH]c3ccccc3[nH+]2)c(C2CCCCC2)c2ccc(C(=O)N=O)cc21. The van der Waals surface area contributed by atoms with Gasteiger partial charge < -0.3 is 4.57 Å². The highest BCUT2D eigenvalue weighted by Crippen LogP contribution is 2.43. The molecule has 4 aromatic rings. The van der Waals surface area contributed by atoms with Crippen LogP contribution in [0.25, 0.3) is 33.5 Å². The summed E-state index contributed by atoms with van der Waals surface area (Å²) in [5.41, 5.74) is 5.83. The molecule has 0 unspecified atom stereocenters. The number of nitroso groups, excluding NO2 is 1. The Morgan fingerprint density at radius 1 is 1.14 bits per heavy atom. The van der Waals surface area contributed by atoms with Crippen LogP contribution in [0.1, 0.15) is 53.9 Å². The van der Waals surface area contributed by atoms with Gasteiger partial charge in [0.25, 0.3) is 0 Å². The van der Waals surface area contributed by atoms with E-state index in [-0.39, 0.29) is 0 Å². The van der Waals surface area contributed by atoms with E-state index in [1.54, 1.807) is 12.1 Å². The summed E-state index contributed by atoms with van der Waals surface area (Å²) in [6.45, 7) is 0. The highest BCUT2D eigenvalue weighted by atomic mass is 16.3. The van der Waals surface area contributed by atoms with E-state index in [0.29, 0.717) is 11.5 Å². The lowest BCUT2D eigenvalue weighted by Crippen LogP contribution is -2.11. The van der Waals surface area contributed by atoms with E-state index < -0.39 is 5.91 Å². The molecule has 6 heteroatoms. The van der Waals surface area contributed by atoms with Gasteiger partial charge in [0.15, 0.2) is 11.0 Å². The Morgan fingerprint density at radius 2 is 1.93 bits per heavy atom. The van der Waals surface area contributed by atoms with Crippen molar-refractivity contribution >= 4 is 27.8 Å². The molecule has 1 saturated carbocycles.